The Hall–Kier alpha value is -1.46. The van der Waals surface area contributed by atoms with Gasteiger partial charge in [-0.15, -0.1) is 0 Å². The summed E-state index contributed by atoms with van der Waals surface area (Å²) in [6.07, 6.45) is 5.25. The summed E-state index contributed by atoms with van der Waals surface area (Å²) in [6, 6.07) is 3.20. The van der Waals surface area contributed by atoms with Crippen molar-refractivity contribution in [2.24, 2.45) is 0 Å². The molecule has 0 aliphatic carbocycles. The van der Waals surface area contributed by atoms with E-state index in [0.717, 1.165) is 17.2 Å². The molecule has 2 aromatic rings. The summed E-state index contributed by atoms with van der Waals surface area (Å²) >= 11 is 1.63. The molecule has 2 aliphatic rings. The predicted octanol–water partition coefficient (Wildman–Crippen LogP) is 1.92. The van der Waals surface area contributed by atoms with E-state index in [1.54, 1.807) is 17.5 Å². The summed E-state index contributed by atoms with van der Waals surface area (Å²) in [4.78, 5) is 16.5. The number of pyridine rings is 1. The highest BCUT2D eigenvalue weighted by molar-refractivity contribution is 7.09. The van der Waals surface area contributed by atoms with Crippen LogP contribution in [0.3, 0.4) is 0 Å². The number of carbonyl (C=O) groups excluding carboxylic acids is 1. The highest BCUT2D eigenvalue weighted by Gasteiger charge is 2.39. The summed E-state index contributed by atoms with van der Waals surface area (Å²) in [5, 5.41) is 12.9. The van der Waals surface area contributed by atoms with Gasteiger partial charge in [-0.2, -0.15) is 11.3 Å². The second-order valence-corrected chi connectivity index (χ2v) is 6.18. The van der Waals surface area contributed by atoms with Crippen LogP contribution in [-0.2, 0) is 0 Å². The molecular formula is C14H15N3OS. The Bertz CT molecular complexity index is 638. The van der Waals surface area contributed by atoms with Crippen LogP contribution in [0.5, 0.6) is 0 Å². The molecular weight excluding hydrogens is 258 g/mol. The van der Waals surface area contributed by atoms with E-state index in [2.05, 4.69) is 15.6 Å². The van der Waals surface area contributed by atoms with Crippen molar-refractivity contribution in [2.75, 3.05) is 0 Å². The molecule has 0 radical (unpaired) electrons. The first kappa shape index (κ1) is 11.4. The Balaban J connectivity index is 1.53. The van der Waals surface area contributed by atoms with Gasteiger partial charge in [-0.3, -0.25) is 9.78 Å². The standard InChI is InChI=1S/C14H15N3OS/c18-14(17-12-4-10-1-2-11(12)16-10)13-3-8-6-19-7-9(8)5-15-13/h3,5-7,10-12,16H,1-2,4H2,(H,17,18)/t10-,11+,12+/m0/s1. The van der Waals surface area contributed by atoms with Gasteiger partial charge in [0.25, 0.3) is 5.91 Å². The van der Waals surface area contributed by atoms with E-state index in [1.165, 1.54) is 12.8 Å². The summed E-state index contributed by atoms with van der Waals surface area (Å²) < 4.78 is 0. The largest absolute Gasteiger partial charge is 0.346 e. The SMILES string of the molecule is O=C(N[C@@H]1C[C@@H]2CC[C@H]1N2)c1cc2cscc2cn1. The molecule has 0 saturated carbocycles. The van der Waals surface area contributed by atoms with Crippen LogP contribution in [0.2, 0.25) is 0 Å². The summed E-state index contributed by atoms with van der Waals surface area (Å²) in [6.45, 7) is 0. The fourth-order valence-electron chi connectivity index (χ4n) is 3.21. The van der Waals surface area contributed by atoms with Crippen molar-refractivity contribution in [3.63, 3.8) is 0 Å². The minimum atomic E-state index is -0.0487. The second-order valence-electron chi connectivity index (χ2n) is 5.43. The summed E-state index contributed by atoms with van der Waals surface area (Å²) in [5.74, 6) is -0.0487. The Morgan fingerprint density at radius 3 is 3.05 bits per heavy atom. The van der Waals surface area contributed by atoms with Crippen molar-refractivity contribution in [3.8, 4) is 0 Å². The quantitative estimate of drug-likeness (QED) is 0.879. The molecule has 0 spiro atoms. The Labute approximate surface area is 115 Å². The lowest BCUT2D eigenvalue weighted by Gasteiger charge is -2.21. The minimum absolute atomic E-state index is 0.0487. The Kier molecular flexibility index (Phi) is 2.56. The lowest BCUT2D eigenvalue weighted by molar-refractivity contribution is 0.0926. The van der Waals surface area contributed by atoms with Crippen LogP contribution in [-0.4, -0.2) is 29.0 Å². The van der Waals surface area contributed by atoms with Gasteiger partial charge in [0.1, 0.15) is 5.69 Å². The number of fused-ring (bicyclic) bond motifs is 3. The first-order valence-electron chi connectivity index (χ1n) is 6.68. The van der Waals surface area contributed by atoms with Crippen molar-refractivity contribution in [1.29, 1.82) is 0 Å². The number of rotatable bonds is 2. The number of carbonyl (C=O) groups is 1. The zero-order valence-corrected chi connectivity index (χ0v) is 11.2. The average Bonchev–Trinajstić information content (AvgIpc) is 3.13. The zero-order valence-electron chi connectivity index (χ0n) is 10.4. The van der Waals surface area contributed by atoms with Gasteiger partial charge < -0.3 is 10.6 Å². The molecule has 2 aliphatic heterocycles. The number of aromatic nitrogens is 1. The van der Waals surface area contributed by atoms with Gasteiger partial charge in [0.2, 0.25) is 0 Å². The number of hydrogen-bond donors (Lipinski definition) is 2. The molecule has 4 heterocycles. The highest BCUT2D eigenvalue weighted by Crippen LogP contribution is 2.28. The molecule has 1 amide bonds. The maximum absolute atomic E-state index is 12.2. The second kappa shape index (κ2) is 4.28. The number of hydrogen-bond acceptors (Lipinski definition) is 4. The van der Waals surface area contributed by atoms with Gasteiger partial charge in [-0.05, 0) is 36.1 Å². The lowest BCUT2D eigenvalue weighted by Crippen LogP contribution is -2.43. The number of nitrogens with one attached hydrogen (secondary N) is 2. The van der Waals surface area contributed by atoms with E-state index in [9.17, 15) is 4.79 Å². The van der Waals surface area contributed by atoms with Gasteiger partial charge in [-0.1, -0.05) is 0 Å². The third-order valence-electron chi connectivity index (χ3n) is 4.21. The topological polar surface area (TPSA) is 54.0 Å². The van der Waals surface area contributed by atoms with Gasteiger partial charge in [0.05, 0.1) is 0 Å². The molecule has 2 N–H and O–H groups in total. The average molecular weight is 273 g/mol. The normalized spacial score (nSPS) is 28.9. The molecule has 2 bridgehead atoms. The minimum Gasteiger partial charge on any atom is -0.346 e. The Morgan fingerprint density at radius 1 is 1.37 bits per heavy atom. The van der Waals surface area contributed by atoms with Gasteiger partial charge >= 0.3 is 0 Å². The smallest absolute Gasteiger partial charge is 0.270 e. The van der Waals surface area contributed by atoms with Crippen LogP contribution < -0.4 is 10.6 Å². The lowest BCUT2D eigenvalue weighted by atomic mass is 9.95. The summed E-state index contributed by atoms with van der Waals surface area (Å²) in [5.41, 5.74) is 0.522. The molecule has 2 aromatic heterocycles. The maximum atomic E-state index is 12.2. The van der Waals surface area contributed by atoms with Crippen LogP contribution in [0.1, 0.15) is 29.8 Å². The monoisotopic (exact) mass is 273 g/mol. The molecule has 0 unspecified atom stereocenters. The predicted molar refractivity (Wildman–Crippen MR) is 75.4 cm³/mol. The third kappa shape index (κ3) is 1.93. The van der Waals surface area contributed by atoms with E-state index in [1.807, 2.05) is 16.8 Å². The zero-order chi connectivity index (χ0) is 12.8. The van der Waals surface area contributed by atoms with Crippen LogP contribution in [0.4, 0.5) is 0 Å². The Morgan fingerprint density at radius 2 is 2.26 bits per heavy atom. The molecule has 3 atom stereocenters. The van der Waals surface area contributed by atoms with E-state index < -0.39 is 0 Å². The van der Waals surface area contributed by atoms with Crippen molar-refractivity contribution in [3.05, 3.63) is 28.7 Å². The van der Waals surface area contributed by atoms with Crippen LogP contribution in [0, 0.1) is 0 Å². The first-order chi connectivity index (χ1) is 9.29. The number of thiophene rings is 1. The van der Waals surface area contributed by atoms with Crippen molar-refractivity contribution >= 4 is 28.0 Å². The van der Waals surface area contributed by atoms with E-state index in [0.29, 0.717) is 17.8 Å². The fraction of sp³-hybridized carbons (Fsp3) is 0.429. The van der Waals surface area contributed by atoms with Crippen LogP contribution in [0.15, 0.2) is 23.0 Å². The number of amides is 1. The molecule has 4 nitrogen and oxygen atoms in total. The molecule has 5 heteroatoms. The van der Waals surface area contributed by atoms with Crippen LogP contribution in [0.25, 0.3) is 10.8 Å². The summed E-state index contributed by atoms with van der Waals surface area (Å²) in [7, 11) is 0. The van der Waals surface area contributed by atoms with Gasteiger partial charge in [0.15, 0.2) is 0 Å². The third-order valence-corrected chi connectivity index (χ3v) is 4.99. The fourth-order valence-corrected chi connectivity index (χ4v) is 3.98. The molecule has 2 fully saturated rings. The molecule has 19 heavy (non-hydrogen) atoms. The van der Waals surface area contributed by atoms with E-state index >= 15 is 0 Å². The van der Waals surface area contributed by atoms with Crippen molar-refractivity contribution in [1.82, 2.24) is 15.6 Å². The van der Waals surface area contributed by atoms with Gasteiger partial charge in [0, 0.05) is 35.1 Å². The first-order valence-corrected chi connectivity index (χ1v) is 7.63. The molecule has 4 rings (SSSR count). The molecule has 98 valence electrons. The van der Waals surface area contributed by atoms with Crippen LogP contribution >= 0.6 is 11.3 Å². The van der Waals surface area contributed by atoms with Crippen molar-refractivity contribution in [2.45, 2.75) is 37.4 Å². The van der Waals surface area contributed by atoms with E-state index in [4.69, 9.17) is 0 Å². The maximum Gasteiger partial charge on any atom is 0.270 e. The van der Waals surface area contributed by atoms with Gasteiger partial charge in [-0.25, -0.2) is 0 Å². The van der Waals surface area contributed by atoms with E-state index in [-0.39, 0.29) is 11.9 Å². The molecule has 2 saturated heterocycles. The highest BCUT2D eigenvalue weighted by atomic mass is 32.1. The number of nitrogens with zero attached hydrogens (tertiary/aromatic N) is 1. The van der Waals surface area contributed by atoms with Crippen molar-refractivity contribution < 1.29 is 4.79 Å². The molecule has 0 aromatic carbocycles.